The molecule has 5 heteroatoms. The Labute approximate surface area is 132 Å². The summed E-state index contributed by atoms with van der Waals surface area (Å²) in [6, 6.07) is 6.84. The number of hydrogen-bond acceptors (Lipinski definition) is 3. The summed E-state index contributed by atoms with van der Waals surface area (Å²) in [6.07, 6.45) is 7.51. The van der Waals surface area contributed by atoms with E-state index < -0.39 is 5.97 Å². The molecule has 2 amide bonds. The van der Waals surface area contributed by atoms with Crippen LogP contribution in [0.2, 0.25) is 0 Å². The third-order valence-corrected chi connectivity index (χ3v) is 5.02. The molecule has 2 fully saturated rings. The molecule has 4 atom stereocenters. The summed E-state index contributed by atoms with van der Waals surface area (Å²) >= 11 is 0. The van der Waals surface area contributed by atoms with E-state index in [1.54, 1.807) is 24.3 Å². The number of rotatable bonds is 3. The Morgan fingerprint density at radius 3 is 2.39 bits per heavy atom. The normalized spacial score (nSPS) is 31.4. The molecule has 23 heavy (non-hydrogen) atoms. The Morgan fingerprint density at radius 2 is 1.78 bits per heavy atom. The van der Waals surface area contributed by atoms with Crippen molar-refractivity contribution < 1.29 is 19.5 Å². The van der Waals surface area contributed by atoms with Crippen molar-refractivity contribution in [1.82, 2.24) is 0 Å². The van der Waals surface area contributed by atoms with Crippen molar-refractivity contribution in [2.75, 3.05) is 4.90 Å². The van der Waals surface area contributed by atoms with Crippen LogP contribution in [-0.2, 0) is 14.4 Å². The van der Waals surface area contributed by atoms with Gasteiger partial charge in [0.2, 0.25) is 11.8 Å². The number of aliphatic carboxylic acids is 1. The average Bonchev–Trinajstić information content (AvgIpc) is 3.20. The van der Waals surface area contributed by atoms with Gasteiger partial charge in [-0.25, -0.2) is 9.69 Å². The van der Waals surface area contributed by atoms with E-state index in [0.717, 1.165) is 12.5 Å². The fraction of sp³-hybridized carbons (Fsp3) is 0.278. The minimum Gasteiger partial charge on any atom is -0.478 e. The van der Waals surface area contributed by atoms with Crippen molar-refractivity contribution in [3.8, 4) is 0 Å². The first-order valence-corrected chi connectivity index (χ1v) is 7.63. The summed E-state index contributed by atoms with van der Waals surface area (Å²) in [5, 5.41) is 8.70. The van der Waals surface area contributed by atoms with E-state index in [-0.39, 0.29) is 35.5 Å². The summed E-state index contributed by atoms with van der Waals surface area (Å²) in [6.45, 7) is 0. The lowest BCUT2D eigenvalue weighted by molar-refractivity contribution is -0.131. The zero-order valence-corrected chi connectivity index (χ0v) is 12.3. The molecule has 5 nitrogen and oxygen atoms in total. The van der Waals surface area contributed by atoms with Crippen LogP contribution in [0.4, 0.5) is 5.69 Å². The SMILES string of the molecule is O=C(O)/C=C/c1cccc(N2C(=O)[C@H]3[C@H](C2=O)[C@H]2C=C[C@H]3C2)c1. The number of imide groups is 1. The third-order valence-electron chi connectivity index (χ3n) is 5.02. The number of nitrogens with zero attached hydrogens (tertiary/aromatic N) is 1. The number of allylic oxidation sites excluding steroid dienone is 2. The molecular formula is C18H15NO4. The number of carboxylic acid groups (broad SMARTS) is 1. The highest BCUT2D eigenvalue weighted by Gasteiger charge is 2.59. The smallest absolute Gasteiger partial charge is 0.328 e. The molecule has 1 saturated heterocycles. The maximum atomic E-state index is 12.7. The fourth-order valence-corrected chi connectivity index (χ4v) is 4.09. The molecule has 1 aromatic carbocycles. The van der Waals surface area contributed by atoms with E-state index in [1.165, 1.54) is 11.0 Å². The molecule has 2 bridgehead atoms. The van der Waals surface area contributed by atoms with Gasteiger partial charge in [0.1, 0.15) is 0 Å². The van der Waals surface area contributed by atoms with Crippen molar-refractivity contribution in [2.24, 2.45) is 23.7 Å². The number of fused-ring (bicyclic) bond motifs is 5. The predicted octanol–water partition coefficient (Wildman–Crippen LogP) is 2.10. The van der Waals surface area contributed by atoms with E-state index in [9.17, 15) is 14.4 Å². The minimum absolute atomic E-state index is 0.129. The summed E-state index contributed by atoms with van der Waals surface area (Å²) < 4.78 is 0. The molecule has 2 aliphatic carbocycles. The van der Waals surface area contributed by atoms with Crippen LogP contribution in [0.5, 0.6) is 0 Å². The highest BCUT2D eigenvalue weighted by Crippen LogP contribution is 2.53. The van der Waals surface area contributed by atoms with Crippen LogP contribution in [-0.4, -0.2) is 22.9 Å². The lowest BCUT2D eigenvalue weighted by Crippen LogP contribution is -2.32. The zero-order valence-electron chi connectivity index (χ0n) is 12.3. The first kappa shape index (κ1) is 13.9. The van der Waals surface area contributed by atoms with Crippen molar-refractivity contribution in [3.63, 3.8) is 0 Å². The quantitative estimate of drug-likeness (QED) is 0.527. The van der Waals surface area contributed by atoms with E-state index in [1.807, 2.05) is 0 Å². The molecule has 0 spiro atoms. The molecule has 116 valence electrons. The molecule has 3 aliphatic rings. The summed E-state index contributed by atoms with van der Waals surface area (Å²) in [5.41, 5.74) is 1.16. The lowest BCUT2D eigenvalue weighted by atomic mass is 9.85. The van der Waals surface area contributed by atoms with Gasteiger partial charge in [-0.3, -0.25) is 9.59 Å². The van der Waals surface area contributed by atoms with Gasteiger partial charge in [-0.15, -0.1) is 0 Å². The van der Waals surface area contributed by atoms with Crippen LogP contribution in [0.15, 0.2) is 42.5 Å². The molecule has 1 saturated carbocycles. The maximum absolute atomic E-state index is 12.7. The van der Waals surface area contributed by atoms with Crippen molar-refractivity contribution in [2.45, 2.75) is 6.42 Å². The van der Waals surface area contributed by atoms with Crippen molar-refractivity contribution >= 4 is 29.5 Å². The van der Waals surface area contributed by atoms with Gasteiger partial charge in [-0.1, -0.05) is 24.3 Å². The largest absolute Gasteiger partial charge is 0.478 e. The highest BCUT2D eigenvalue weighted by atomic mass is 16.4. The molecule has 0 unspecified atom stereocenters. The number of benzene rings is 1. The molecular weight excluding hydrogens is 294 g/mol. The van der Waals surface area contributed by atoms with E-state index in [2.05, 4.69) is 12.2 Å². The third kappa shape index (κ3) is 2.04. The van der Waals surface area contributed by atoms with Crippen LogP contribution in [0, 0.1) is 23.7 Å². The van der Waals surface area contributed by atoms with Gasteiger partial charge in [0.25, 0.3) is 0 Å². The molecule has 0 radical (unpaired) electrons. The lowest BCUT2D eigenvalue weighted by Gasteiger charge is -2.17. The van der Waals surface area contributed by atoms with Gasteiger partial charge in [-0.05, 0) is 42.0 Å². The van der Waals surface area contributed by atoms with Gasteiger partial charge in [0.05, 0.1) is 17.5 Å². The predicted molar refractivity (Wildman–Crippen MR) is 83.3 cm³/mol. The number of carboxylic acids is 1. The van der Waals surface area contributed by atoms with Crippen molar-refractivity contribution in [1.29, 1.82) is 0 Å². The molecule has 1 aromatic rings. The second-order valence-electron chi connectivity index (χ2n) is 6.28. The second-order valence-corrected chi connectivity index (χ2v) is 6.28. The Balaban J connectivity index is 1.67. The van der Waals surface area contributed by atoms with Gasteiger partial charge in [0, 0.05) is 6.08 Å². The summed E-state index contributed by atoms with van der Waals surface area (Å²) in [7, 11) is 0. The molecule has 1 N–H and O–H groups in total. The van der Waals surface area contributed by atoms with Gasteiger partial charge < -0.3 is 5.11 Å². The Kier molecular flexibility index (Phi) is 2.98. The molecule has 0 aromatic heterocycles. The zero-order chi connectivity index (χ0) is 16.1. The summed E-state index contributed by atoms with van der Waals surface area (Å²) in [5.74, 6) is -1.39. The topological polar surface area (TPSA) is 74.7 Å². The van der Waals surface area contributed by atoms with E-state index in [0.29, 0.717) is 11.3 Å². The Hall–Kier alpha value is -2.69. The van der Waals surface area contributed by atoms with Crippen LogP contribution in [0.1, 0.15) is 12.0 Å². The minimum atomic E-state index is -1.04. The van der Waals surface area contributed by atoms with E-state index >= 15 is 0 Å². The Morgan fingerprint density at radius 1 is 1.13 bits per heavy atom. The van der Waals surface area contributed by atoms with E-state index in [4.69, 9.17) is 5.11 Å². The number of carbonyl (C=O) groups excluding carboxylic acids is 2. The first-order chi connectivity index (χ1) is 11.1. The standard InChI is InChI=1S/C18H15NO4/c20-14(21)7-4-10-2-1-3-13(8-10)19-17(22)15-11-5-6-12(9-11)16(15)18(19)23/h1-8,11-12,15-16H,9H2,(H,20,21)/b7-4+/t11-,12-,15+,16+/m0/s1. The van der Waals surface area contributed by atoms with Crippen molar-refractivity contribution in [3.05, 3.63) is 48.1 Å². The number of carbonyl (C=O) groups is 3. The van der Waals surface area contributed by atoms with Crippen LogP contribution in [0.3, 0.4) is 0 Å². The van der Waals surface area contributed by atoms with Crippen LogP contribution >= 0.6 is 0 Å². The monoisotopic (exact) mass is 309 g/mol. The van der Waals surface area contributed by atoms with Gasteiger partial charge in [-0.2, -0.15) is 0 Å². The summed E-state index contributed by atoms with van der Waals surface area (Å²) in [4.78, 5) is 37.3. The number of hydrogen-bond donors (Lipinski definition) is 1. The highest BCUT2D eigenvalue weighted by molar-refractivity contribution is 6.22. The number of amides is 2. The number of anilines is 1. The molecule has 1 heterocycles. The van der Waals surface area contributed by atoms with Gasteiger partial charge >= 0.3 is 5.97 Å². The maximum Gasteiger partial charge on any atom is 0.328 e. The second kappa shape index (κ2) is 4.91. The molecule has 1 aliphatic heterocycles. The van der Waals surface area contributed by atoms with Gasteiger partial charge in [0.15, 0.2) is 0 Å². The Bertz CT molecular complexity index is 749. The average molecular weight is 309 g/mol. The molecule has 4 rings (SSSR count). The fourth-order valence-electron chi connectivity index (χ4n) is 4.09. The van der Waals surface area contributed by atoms with Crippen LogP contribution in [0.25, 0.3) is 6.08 Å². The van der Waals surface area contributed by atoms with Crippen LogP contribution < -0.4 is 4.90 Å². The first-order valence-electron chi connectivity index (χ1n) is 7.63.